The van der Waals surface area contributed by atoms with Crippen molar-refractivity contribution in [2.75, 3.05) is 10.6 Å². The third-order valence-electron chi connectivity index (χ3n) is 7.61. The molecule has 4 atom stereocenters. The molecular formula is C35H34Cl2N2O7S2. The van der Waals surface area contributed by atoms with Gasteiger partial charge in [-0.1, -0.05) is 59.7 Å². The average Bonchev–Trinajstić information content (AvgIpc) is 3.07. The number of para-hydroxylation sites is 2. The molecule has 0 amide bonds. The zero-order valence-corrected chi connectivity index (χ0v) is 29.6. The highest BCUT2D eigenvalue weighted by Gasteiger charge is 2.38. The van der Waals surface area contributed by atoms with Gasteiger partial charge in [-0.05, 0) is 76.2 Å². The molecule has 252 valence electrons. The van der Waals surface area contributed by atoms with Crippen LogP contribution in [0.5, 0.6) is 0 Å². The largest absolute Gasteiger partial charge is 0.374 e. The molecule has 4 aromatic carbocycles. The molecule has 2 N–H and O–H groups in total. The van der Waals surface area contributed by atoms with Crippen molar-refractivity contribution in [1.29, 1.82) is 0 Å². The number of rotatable bonds is 14. The van der Waals surface area contributed by atoms with E-state index in [9.17, 15) is 31.2 Å². The Morgan fingerprint density at radius 3 is 1.17 bits per heavy atom. The van der Waals surface area contributed by atoms with E-state index in [2.05, 4.69) is 10.6 Å². The van der Waals surface area contributed by atoms with Crippen LogP contribution >= 0.6 is 23.2 Å². The van der Waals surface area contributed by atoms with Crippen LogP contribution in [0.1, 0.15) is 25.0 Å². The van der Waals surface area contributed by atoms with Crippen LogP contribution in [0.25, 0.3) is 0 Å². The van der Waals surface area contributed by atoms with Crippen LogP contribution in [0.4, 0.5) is 11.4 Å². The van der Waals surface area contributed by atoms with Crippen molar-refractivity contribution in [2.45, 2.75) is 70.1 Å². The van der Waals surface area contributed by atoms with Crippen molar-refractivity contribution in [2.24, 2.45) is 0 Å². The quantitative estimate of drug-likeness (QED) is 0.115. The lowest BCUT2D eigenvalue weighted by atomic mass is 10.0. The number of Topliss-reactive ketones (excluding diaryl/α,β-unsaturated/α-hetero) is 3. The first kappa shape index (κ1) is 36.8. The molecule has 0 aliphatic rings. The van der Waals surface area contributed by atoms with Crippen molar-refractivity contribution >= 4 is 71.6 Å². The van der Waals surface area contributed by atoms with Gasteiger partial charge in [-0.3, -0.25) is 14.4 Å². The third kappa shape index (κ3) is 7.98. The van der Waals surface area contributed by atoms with Gasteiger partial charge in [-0.2, -0.15) is 0 Å². The second kappa shape index (κ2) is 15.0. The molecule has 0 aliphatic carbocycles. The van der Waals surface area contributed by atoms with Gasteiger partial charge in [0, 0.05) is 0 Å². The number of halogens is 2. The van der Waals surface area contributed by atoms with Crippen LogP contribution in [0.15, 0.2) is 117 Å². The summed E-state index contributed by atoms with van der Waals surface area (Å²) in [6.45, 7) is 6.47. The van der Waals surface area contributed by atoms with Gasteiger partial charge in [0.05, 0.1) is 43.0 Å². The van der Waals surface area contributed by atoms with Crippen molar-refractivity contribution < 1.29 is 31.2 Å². The Labute approximate surface area is 290 Å². The fraction of sp³-hybridized carbons (Fsp3) is 0.229. The first-order valence-electron chi connectivity index (χ1n) is 14.8. The predicted molar refractivity (Wildman–Crippen MR) is 187 cm³/mol. The van der Waals surface area contributed by atoms with Crippen molar-refractivity contribution in [1.82, 2.24) is 0 Å². The van der Waals surface area contributed by atoms with E-state index in [0.717, 1.165) is 11.1 Å². The number of ketones is 3. The second-order valence-corrected chi connectivity index (χ2v) is 16.0. The molecule has 48 heavy (non-hydrogen) atoms. The van der Waals surface area contributed by atoms with E-state index in [1.54, 1.807) is 48.5 Å². The van der Waals surface area contributed by atoms with Crippen LogP contribution in [-0.2, 0) is 34.1 Å². The van der Waals surface area contributed by atoms with Crippen LogP contribution in [-0.4, -0.2) is 57.0 Å². The first-order valence-corrected chi connectivity index (χ1v) is 18.6. The maximum absolute atomic E-state index is 13.4. The molecule has 0 spiro atoms. The van der Waals surface area contributed by atoms with E-state index in [0.29, 0.717) is 0 Å². The molecule has 0 saturated heterocycles. The van der Waals surface area contributed by atoms with Gasteiger partial charge in [0.15, 0.2) is 28.1 Å². The molecule has 0 aromatic heterocycles. The zero-order chi connectivity index (χ0) is 35.4. The molecule has 0 heterocycles. The minimum Gasteiger partial charge on any atom is -0.374 e. The Balaban J connectivity index is 1.46. The van der Waals surface area contributed by atoms with E-state index in [-0.39, 0.29) is 31.0 Å². The summed E-state index contributed by atoms with van der Waals surface area (Å²) in [6, 6.07) is 22.3. The van der Waals surface area contributed by atoms with E-state index in [4.69, 9.17) is 23.2 Å². The highest BCUT2D eigenvalue weighted by Crippen LogP contribution is 2.30. The monoisotopic (exact) mass is 728 g/mol. The number of sulfone groups is 2. The van der Waals surface area contributed by atoms with Crippen LogP contribution < -0.4 is 10.6 Å². The smallest absolute Gasteiger partial charge is 0.208 e. The lowest BCUT2D eigenvalue weighted by Crippen LogP contribution is -2.45. The number of hydrogen-bond donors (Lipinski definition) is 2. The van der Waals surface area contributed by atoms with Gasteiger partial charge < -0.3 is 10.6 Å². The summed E-state index contributed by atoms with van der Waals surface area (Å²) in [5, 5.41) is 1.97. The van der Waals surface area contributed by atoms with Crippen LogP contribution in [0.3, 0.4) is 0 Å². The summed E-state index contributed by atoms with van der Waals surface area (Å²) in [5.41, 5.74) is 2.00. The third-order valence-corrected chi connectivity index (χ3v) is 12.1. The van der Waals surface area contributed by atoms with Gasteiger partial charge in [0.1, 0.15) is 0 Å². The summed E-state index contributed by atoms with van der Waals surface area (Å²) in [4.78, 5) is 39.6. The van der Waals surface area contributed by atoms with Gasteiger partial charge >= 0.3 is 0 Å². The Hall–Kier alpha value is -4.03. The number of carbonyl (C=O) groups excluding carboxylic acids is 3. The Morgan fingerprint density at radius 1 is 0.521 bits per heavy atom. The maximum Gasteiger partial charge on any atom is 0.208 e. The van der Waals surface area contributed by atoms with Gasteiger partial charge in [-0.25, -0.2) is 16.8 Å². The molecule has 0 aliphatic heterocycles. The van der Waals surface area contributed by atoms with Crippen LogP contribution in [0.2, 0.25) is 0 Å². The zero-order valence-electron chi connectivity index (χ0n) is 26.5. The summed E-state index contributed by atoms with van der Waals surface area (Å²) in [7, 11) is -7.94. The van der Waals surface area contributed by atoms with Crippen molar-refractivity contribution in [3.8, 4) is 0 Å². The summed E-state index contributed by atoms with van der Waals surface area (Å²) in [6.07, 6.45) is 0. The van der Waals surface area contributed by atoms with Crippen molar-refractivity contribution in [3.05, 3.63) is 108 Å². The highest BCUT2D eigenvalue weighted by atomic mass is 35.5. The summed E-state index contributed by atoms with van der Waals surface area (Å²) in [5.74, 6) is -2.74. The molecule has 0 saturated carbocycles. The maximum atomic E-state index is 13.4. The van der Waals surface area contributed by atoms with E-state index in [1.807, 2.05) is 13.8 Å². The summed E-state index contributed by atoms with van der Waals surface area (Å²) >= 11 is 12.5. The average molecular weight is 730 g/mol. The SMILES string of the molecule is Cc1ccc(S(=O)(=O)c2ccccc2NC(C)C(=O)C(Cl)C(=O)C(Cl)C(=O)C(C)Nc2ccccc2S(=O)(=O)c2ccc(C)cc2)cc1. The lowest BCUT2D eigenvalue weighted by Gasteiger charge is -2.22. The molecule has 4 unspecified atom stereocenters. The number of anilines is 2. The molecule has 13 heteroatoms. The molecule has 4 aromatic rings. The highest BCUT2D eigenvalue weighted by molar-refractivity contribution is 7.92. The minimum atomic E-state index is -3.97. The van der Waals surface area contributed by atoms with Gasteiger partial charge in [-0.15, -0.1) is 23.2 Å². The minimum absolute atomic E-state index is 0.0633. The van der Waals surface area contributed by atoms with Crippen molar-refractivity contribution in [3.63, 3.8) is 0 Å². The molecule has 0 fully saturated rings. The molecule has 9 nitrogen and oxygen atoms in total. The summed E-state index contributed by atoms with van der Waals surface area (Å²) < 4.78 is 53.5. The topological polar surface area (TPSA) is 144 Å². The van der Waals surface area contributed by atoms with Gasteiger partial charge in [0.2, 0.25) is 19.7 Å². The number of aryl methyl sites for hydroxylation is 2. The number of carbonyl (C=O) groups is 3. The predicted octanol–water partition coefficient (Wildman–Crippen LogP) is 6.19. The molecule has 4 rings (SSSR count). The van der Waals surface area contributed by atoms with Crippen LogP contribution in [0, 0.1) is 13.8 Å². The number of hydrogen-bond acceptors (Lipinski definition) is 9. The molecule has 0 radical (unpaired) electrons. The molecule has 0 bridgehead atoms. The molecular weight excluding hydrogens is 695 g/mol. The van der Waals surface area contributed by atoms with Gasteiger partial charge in [0.25, 0.3) is 0 Å². The van der Waals surface area contributed by atoms with E-state index >= 15 is 0 Å². The van der Waals surface area contributed by atoms with E-state index in [1.165, 1.54) is 62.4 Å². The second-order valence-electron chi connectivity index (χ2n) is 11.3. The normalized spacial score (nSPS) is 14.3. The lowest BCUT2D eigenvalue weighted by molar-refractivity contribution is -0.129. The standard InChI is InChI=1S/C35H34Cl2N2O7S2/c1-21-13-17-25(18-14-21)47(43,44)29-11-7-5-9-27(29)38-23(3)33(40)31(36)35(42)32(37)34(41)24(4)39-28-10-6-8-12-30(28)48(45,46)26-19-15-22(2)16-20-26/h5-20,23-24,31-32,38-39H,1-4H3. The first-order chi connectivity index (χ1) is 22.5. The number of alkyl halides is 2. The fourth-order valence-corrected chi connectivity index (χ4v) is 8.33. The number of nitrogens with one attached hydrogen (secondary N) is 2. The Morgan fingerprint density at radius 2 is 0.833 bits per heavy atom. The Bertz CT molecular complexity index is 1900. The van der Waals surface area contributed by atoms with E-state index < -0.39 is 59.9 Å². The Kier molecular flexibility index (Phi) is 11.5. The fourth-order valence-electron chi connectivity index (χ4n) is 4.79. The number of benzene rings is 4.